The molecule has 118 valence electrons. The maximum absolute atomic E-state index is 12.3. The van der Waals surface area contributed by atoms with E-state index in [1.165, 1.54) is 0 Å². The smallest absolute Gasteiger partial charge is 0.252 e. The van der Waals surface area contributed by atoms with Crippen LogP contribution < -0.4 is 10.5 Å². The number of nitrogens with zero attached hydrogens (tertiary/aromatic N) is 2. The van der Waals surface area contributed by atoms with Crippen LogP contribution in [0.15, 0.2) is 4.21 Å². The van der Waals surface area contributed by atoms with Crippen LogP contribution in [0.4, 0.5) is 0 Å². The van der Waals surface area contributed by atoms with Crippen molar-refractivity contribution in [3.05, 3.63) is 10.2 Å². The number of hydrogen-bond acceptors (Lipinski definition) is 6. The van der Waals surface area contributed by atoms with Crippen LogP contribution in [0, 0.1) is 6.92 Å². The second kappa shape index (κ2) is 6.57. The number of piperidine rings is 1. The van der Waals surface area contributed by atoms with E-state index < -0.39 is 10.0 Å². The highest BCUT2D eigenvalue weighted by molar-refractivity contribution is 7.91. The molecule has 0 aromatic carbocycles. The Hall–Kier alpha value is -0.740. The Labute approximate surface area is 132 Å². The summed E-state index contributed by atoms with van der Waals surface area (Å²) < 4.78 is 27.7. The molecular formula is C11H17ClN4O3S2. The van der Waals surface area contributed by atoms with Gasteiger partial charge < -0.3 is 5.73 Å². The highest BCUT2D eigenvalue weighted by Gasteiger charge is 2.27. The van der Waals surface area contributed by atoms with Crippen LogP contribution >= 0.6 is 22.9 Å². The lowest BCUT2D eigenvalue weighted by atomic mass is 10.1. The predicted octanol–water partition coefficient (Wildman–Crippen LogP) is 0.333. The number of nitrogens with two attached hydrogens (primary N) is 1. The third-order valence-corrected chi connectivity index (χ3v) is 6.65. The van der Waals surface area contributed by atoms with Crippen LogP contribution in [0.2, 0.25) is 4.47 Å². The highest BCUT2D eigenvalue weighted by Crippen LogP contribution is 2.27. The normalized spacial score (nSPS) is 18.0. The first kappa shape index (κ1) is 16.6. The standard InChI is InChI=1S/C11H17ClN4O3S2/c1-7-10(20-11(12)14-7)21(18,19)15-8-2-4-16(5-3-8)6-9(13)17/h8,15H,2-6H2,1H3,(H2,13,17). The molecule has 1 aromatic heterocycles. The fourth-order valence-electron chi connectivity index (χ4n) is 2.30. The van der Waals surface area contributed by atoms with Gasteiger partial charge in [-0.3, -0.25) is 9.69 Å². The molecule has 21 heavy (non-hydrogen) atoms. The molecule has 0 radical (unpaired) electrons. The minimum Gasteiger partial charge on any atom is -0.369 e. The summed E-state index contributed by atoms with van der Waals surface area (Å²) in [6.45, 7) is 3.10. The number of rotatable bonds is 5. The number of aryl methyl sites for hydroxylation is 1. The van der Waals surface area contributed by atoms with Crippen molar-refractivity contribution in [2.24, 2.45) is 5.73 Å². The molecule has 2 heterocycles. The van der Waals surface area contributed by atoms with Gasteiger partial charge in [0.1, 0.15) is 0 Å². The predicted molar refractivity (Wildman–Crippen MR) is 80.8 cm³/mol. The number of halogens is 1. The van der Waals surface area contributed by atoms with Crippen LogP contribution in [-0.4, -0.2) is 49.9 Å². The fraction of sp³-hybridized carbons (Fsp3) is 0.636. The van der Waals surface area contributed by atoms with Crippen molar-refractivity contribution in [1.82, 2.24) is 14.6 Å². The molecule has 7 nitrogen and oxygen atoms in total. The Morgan fingerprint density at radius 3 is 2.62 bits per heavy atom. The van der Waals surface area contributed by atoms with E-state index in [0.29, 0.717) is 31.6 Å². The number of thiazole rings is 1. The molecule has 1 fully saturated rings. The molecule has 0 aliphatic carbocycles. The summed E-state index contributed by atoms with van der Waals surface area (Å²) in [6.07, 6.45) is 1.27. The van der Waals surface area contributed by atoms with Gasteiger partial charge in [0.25, 0.3) is 10.0 Å². The number of carbonyl (C=O) groups is 1. The van der Waals surface area contributed by atoms with Crippen molar-refractivity contribution in [1.29, 1.82) is 0 Å². The zero-order valence-corrected chi connectivity index (χ0v) is 13.9. The van der Waals surface area contributed by atoms with E-state index in [1.807, 2.05) is 4.90 Å². The minimum atomic E-state index is -3.60. The topological polar surface area (TPSA) is 105 Å². The first-order valence-electron chi connectivity index (χ1n) is 6.44. The van der Waals surface area contributed by atoms with Crippen LogP contribution in [0.25, 0.3) is 0 Å². The molecular weight excluding hydrogens is 336 g/mol. The summed E-state index contributed by atoms with van der Waals surface area (Å²) in [7, 11) is -3.60. The number of primary amides is 1. The summed E-state index contributed by atoms with van der Waals surface area (Å²) in [6, 6.07) is -0.153. The van der Waals surface area contributed by atoms with E-state index in [0.717, 1.165) is 11.3 Å². The summed E-state index contributed by atoms with van der Waals surface area (Å²) in [5.74, 6) is -0.371. The summed E-state index contributed by atoms with van der Waals surface area (Å²) >= 11 is 6.70. The van der Waals surface area contributed by atoms with Gasteiger partial charge in [-0.1, -0.05) is 22.9 Å². The molecule has 1 aliphatic rings. The van der Waals surface area contributed by atoms with Gasteiger partial charge in [0.05, 0.1) is 12.2 Å². The molecule has 1 amide bonds. The number of amides is 1. The van der Waals surface area contributed by atoms with Crippen molar-refractivity contribution in [2.45, 2.75) is 30.0 Å². The summed E-state index contributed by atoms with van der Waals surface area (Å²) in [5, 5.41) is 0. The SMILES string of the molecule is Cc1nc(Cl)sc1S(=O)(=O)NC1CCN(CC(N)=O)CC1. The van der Waals surface area contributed by atoms with Crippen molar-refractivity contribution in [3.63, 3.8) is 0 Å². The first-order valence-corrected chi connectivity index (χ1v) is 9.11. The molecule has 2 rings (SSSR count). The molecule has 0 atom stereocenters. The Morgan fingerprint density at radius 2 is 2.14 bits per heavy atom. The van der Waals surface area contributed by atoms with Crippen molar-refractivity contribution < 1.29 is 13.2 Å². The molecule has 10 heteroatoms. The van der Waals surface area contributed by atoms with Gasteiger partial charge in [0.15, 0.2) is 8.68 Å². The maximum atomic E-state index is 12.3. The van der Waals surface area contributed by atoms with Crippen LogP contribution in [0.1, 0.15) is 18.5 Å². The van der Waals surface area contributed by atoms with Gasteiger partial charge in [-0.05, 0) is 19.8 Å². The van der Waals surface area contributed by atoms with E-state index in [-0.39, 0.29) is 27.2 Å². The molecule has 1 aromatic rings. The van der Waals surface area contributed by atoms with Gasteiger partial charge >= 0.3 is 0 Å². The lowest BCUT2D eigenvalue weighted by molar-refractivity contribution is -0.119. The monoisotopic (exact) mass is 352 g/mol. The van der Waals surface area contributed by atoms with E-state index >= 15 is 0 Å². The van der Waals surface area contributed by atoms with E-state index in [1.54, 1.807) is 6.92 Å². The van der Waals surface area contributed by atoms with Gasteiger partial charge in [-0.15, -0.1) is 0 Å². The summed E-state index contributed by atoms with van der Waals surface area (Å²) in [5.41, 5.74) is 5.55. The number of hydrogen-bond donors (Lipinski definition) is 2. The number of carbonyl (C=O) groups excluding carboxylic acids is 1. The highest BCUT2D eigenvalue weighted by atomic mass is 35.5. The van der Waals surface area contributed by atoms with Crippen molar-refractivity contribution >= 4 is 38.9 Å². The zero-order chi connectivity index (χ0) is 15.6. The largest absolute Gasteiger partial charge is 0.369 e. The second-order valence-electron chi connectivity index (χ2n) is 4.98. The second-order valence-corrected chi connectivity index (χ2v) is 8.47. The first-order chi connectivity index (χ1) is 9.78. The van der Waals surface area contributed by atoms with Gasteiger partial charge in [0, 0.05) is 19.1 Å². The maximum Gasteiger partial charge on any atom is 0.252 e. The number of likely N-dealkylation sites (tertiary alicyclic amines) is 1. The van der Waals surface area contributed by atoms with Crippen LogP contribution in [0.3, 0.4) is 0 Å². The van der Waals surface area contributed by atoms with Crippen molar-refractivity contribution in [3.8, 4) is 0 Å². The molecule has 0 saturated carbocycles. The van der Waals surface area contributed by atoms with Crippen molar-refractivity contribution in [2.75, 3.05) is 19.6 Å². The molecule has 0 spiro atoms. The summed E-state index contributed by atoms with van der Waals surface area (Å²) in [4.78, 5) is 16.7. The van der Waals surface area contributed by atoms with Gasteiger partial charge in [-0.25, -0.2) is 18.1 Å². The Morgan fingerprint density at radius 1 is 1.52 bits per heavy atom. The molecule has 1 aliphatic heterocycles. The molecule has 3 N–H and O–H groups in total. The van der Waals surface area contributed by atoms with Crippen LogP contribution in [-0.2, 0) is 14.8 Å². The Kier molecular flexibility index (Phi) is 5.20. The third-order valence-electron chi connectivity index (χ3n) is 3.26. The third kappa shape index (κ3) is 4.36. The quantitative estimate of drug-likeness (QED) is 0.794. The lowest BCUT2D eigenvalue weighted by Crippen LogP contribution is -2.46. The molecule has 0 bridgehead atoms. The van der Waals surface area contributed by atoms with E-state index in [4.69, 9.17) is 17.3 Å². The molecule has 1 saturated heterocycles. The number of sulfonamides is 1. The minimum absolute atomic E-state index is 0.153. The van der Waals surface area contributed by atoms with Crippen LogP contribution in [0.5, 0.6) is 0 Å². The number of aromatic nitrogens is 1. The Balaban J connectivity index is 1.97. The average molecular weight is 353 g/mol. The van der Waals surface area contributed by atoms with Gasteiger partial charge in [0.2, 0.25) is 5.91 Å². The van der Waals surface area contributed by atoms with Gasteiger partial charge in [-0.2, -0.15) is 0 Å². The molecule has 0 unspecified atom stereocenters. The number of nitrogens with one attached hydrogen (secondary N) is 1. The average Bonchev–Trinajstić information content (AvgIpc) is 2.71. The van der Waals surface area contributed by atoms with E-state index in [2.05, 4.69) is 9.71 Å². The lowest BCUT2D eigenvalue weighted by Gasteiger charge is -2.31. The zero-order valence-electron chi connectivity index (χ0n) is 11.5. The van der Waals surface area contributed by atoms with E-state index in [9.17, 15) is 13.2 Å². The fourth-order valence-corrected chi connectivity index (χ4v) is 5.36. The Bertz CT molecular complexity index is 623.